The largest absolute Gasteiger partial charge is 0.493 e. The molecule has 0 bridgehead atoms. The number of hydrogen-bond donors (Lipinski definition) is 0. The number of halogens is 2. The molecule has 1 amide bonds. The molecule has 0 saturated carbocycles. The molecule has 7 heteroatoms. The highest BCUT2D eigenvalue weighted by Gasteiger charge is 2.15. The van der Waals surface area contributed by atoms with Gasteiger partial charge in [-0.25, -0.2) is 4.39 Å². The van der Waals surface area contributed by atoms with Gasteiger partial charge in [0.05, 0.1) is 11.6 Å². The summed E-state index contributed by atoms with van der Waals surface area (Å²) in [6, 6.07) is 11.6. The van der Waals surface area contributed by atoms with Gasteiger partial charge in [-0.3, -0.25) is 4.79 Å². The van der Waals surface area contributed by atoms with E-state index in [9.17, 15) is 14.4 Å². The highest BCUT2D eigenvalue weighted by atomic mass is 79.9. The molecule has 0 spiro atoms. The number of hydrogen-bond acceptors (Lipinski definition) is 4. The van der Waals surface area contributed by atoms with Crippen LogP contribution < -0.4 is 9.47 Å². The molecule has 0 saturated heterocycles. The second-order valence-corrected chi connectivity index (χ2v) is 6.64. The fourth-order valence-electron chi connectivity index (χ4n) is 2.28. The molecule has 0 aliphatic rings. The molecule has 5 nitrogen and oxygen atoms in total. The average Bonchev–Trinajstić information content (AvgIpc) is 2.65. The van der Waals surface area contributed by atoms with E-state index in [1.807, 2.05) is 6.07 Å². The molecule has 140 valence electrons. The monoisotopic (exact) mass is 432 g/mol. The van der Waals surface area contributed by atoms with Gasteiger partial charge in [0.25, 0.3) is 5.91 Å². The van der Waals surface area contributed by atoms with E-state index in [4.69, 9.17) is 9.47 Å². The molecule has 2 rings (SSSR count). The van der Waals surface area contributed by atoms with Gasteiger partial charge < -0.3 is 14.4 Å². The van der Waals surface area contributed by atoms with E-state index in [-0.39, 0.29) is 18.0 Å². The van der Waals surface area contributed by atoms with Gasteiger partial charge in [-0.05, 0) is 45.8 Å². The zero-order valence-corrected chi connectivity index (χ0v) is 16.7. The van der Waals surface area contributed by atoms with Crippen molar-refractivity contribution in [3.63, 3.8) is 0 Å². The van der Waals surface area contributed by atoms with Crippen molar-refractivity contribution in [3.8, 4) is 17.6 Å². The number of benzene rings is 2. The van der Waals surface area contributed by atoms with Gasteiger partial charge in [0.1, 0.15) is 24.1 Å². The SMILES string of the molecule is COc1cc(/C=C(\C#N)C(=O)N(C)C)cc(Br)c1OCc1ccccc1F. The van der Waals surface area contributed by atoms with E-state index in [1.54, 1.807) is 44.4 Å². The molecule has 0 aromatic heterocycles. The Morgan fingerprint density at radius 1 is 1.33 bits per heavy atom. The number of methoxy groups -OCH3 is 1. The third-order valence-corrected chi connectivity index (χ3v) is 4.24. The zero-order chi connectivity index (χ0) is 20.0. The number of carbonyl (C=O) groups is 1. The van der Waals surface area contributed by atoms with Crippen molar-refractivity contribution >= 4 is 27.9 Å². The summed E-state index contributed by atoms with van der Waals surface area (Å²) < 4.78 is 25.4. The Hall–Kier alpha value is -2.85. The molecule has 0 radical (unpaired) electrons. The summed E-state index contributed by atoms with van der Waals surface area (Å²) in [5.74, 6) is 0.0392. The normalized spacial score (nSPS) is 10.9. The molecule has 0 aliphatic heterocycles. The van der Waals surface area contributed by atoms with Crippen LogP contribution in [0.1, 0.15) is 11.1 Å². The number of nitriles is 1. The molecule has 0 unspecified atom stereocenters. The van der Waals surface area contributed by atoms with Gasteiger partial charge in [0, 0.05) is 19.7 Å². The van der Waals surface area contributed by atoms with Crippen LogP contribution in [0.2, 0.25) is 0 Å². The van der Waals surface area contributed by atoms with Crippen LogP contribution in [-0.2, 0) is 11.4 Å². The lowest BCUT2D eigenvalue weighted by atomic mass is 10.1. The van der Waals surface area contributed by atoms with Gasteiger partial charge >= 0.3 is 0 Å². The van der Waals surface area contributed by atoms with E-state index in [0.29, 0.717) is 27.1 Å². The number of amides is 1. The highest BCUT2D eigenvalue weighted by Crippen LogP contribution is 2.38. The third kappa shape index (κ3) is 5.08. The Morgan fingerprint density at radius 3 is 2.63 bits per heavy atom. The molecular formula is C20H18BrFN2O3. The number of rotatable bonds is 6. The van der Waals surface area contributed by atoms with Crippen molar-refractivity contribution in [1.82, 2.24) is 4.90 Å². The Bertz CT molecular complexity index is 920. The van der Waals surface area contributed by atoms with Gasteiger partial charge in [-0.2, -0.15) is 5.26 Å². The molecule has 0 heterocycles. The van der Waals surface area contributed by atoms with E-state index >= 15 is 0 Å². The standard InChI is InChI=1S/C20H18BrFN2O3/c1-24(2)20(25)15(11-23)8-13-9-16(21)19(18(10-13)26-3)27-12-14-6-4-5-7-17(14)22/h4-10H,12H2,1-3H3/b15-8+. The first kappa shape index (κ1) is 20.5. The predicted molar refractivity (Wildman–Crippen MR) is 104 cm³/mol. The van der Waals surface area contributed by atoms with Crippen LogP contribution in [0.5, 0.6) is 11.5 Å². The summed E-state index contributed by atoms with van der Waals surface area (Å²) in [5.41, 5.74) is 0.997. The third-order valence-electron chi connectivity index (χ3n) is 3.65. The Balaban J connectivity index is 2.33. The summed E-state index contributed by atoms with van der Waals surface area (Å²) >= 11 is 3.40. The maximum atomic E-state index is 13.8. The van der Waals surface area contributed by atoms with Crippen molar-refractivity contribution in [3.05, 3.63) is 63.4 Å². The van der Waals surface area contributed by atoms with Crippen LogP contribution in [0.25, 0.3) is 6.08 Å². The lowest BCUT2D eigenvalue weighted by molar-refractivity contribution is -0.124. The van der Waals surface area contributed by atoms with Crippen LogP contribution in [-0.4, -0.2) is 32.0 Å². The number of carbonyl (C=O) groups excluding carboxylic acids is 1. The van der Waals surface area contributed by atoms with Crippen molar-refractivity contribution in [2.75, 3.05) is 21.2 Å². The summed E-state index contributed by atoms with van der Waals surface area (Å²) in [6.07, 6.45) is 1.47. The summed E-state index contributed by atoms with van der Waals surface area (Å²) in [5, 5.41) is 9.22. The van der Waals surface area contributed by atoms with Gasteiger partial charge in [-0.1, -0.05) is 18.2 Å². The van der Waals surface area contributed by atoms with E-state index in [0.717, 1.165) is 0 Å². The number of likely N-dealkylation sites (N-methyl/N-ethyl adjacent to an activating group) is 1. The predicted octanol–water partition coefficient (Wildman–Crippen LogP) is 4.17. The lowest BCUT2D eigenvalue weighted by Crippen LogP contribution is -2.22. The number of nitrogens with zero attached hydrogens (tertiary/aromatic N) is 2. The maximum absolute atomic E-state index is 13.8. The van der Waals surface area contributed by atoms with Gasteiger partial charge in [-0.15, -0.1) is 0 Å². The summed E-state index contributed by atoms with van der Waals surface area (Å²) in [7, 11) is 4.62. The van der Waals surface area contributed by atoms with Crippen LogP contribution in [0.15, 0.2) is 46.4 Å². The minimum absolute atomic E-state index is 0.00558. The molecule has 27 heavy (non-hydrogen) atoms. The number of ether oxygens (including phenoxy) is 2. The highest BCUT2D eigenvalue weighted by molar-refractivity contribution is 9.10. The minimum Gasteiger partial charge on any atom is -0.493 e. The van der Waals surface area contributed by atoms with Crippen LogP contribution in [0, 0.1) is 17.1 Å². The van der Waals surface area contributed by atoms with E-state index in [1.165, 1.54) is 24.2 Å². The first-order valence-corrected chi connectivity index (χ1v) is 8.73. The quantitative estimate of drug-likeness (QED) is 0.507. The van der Waals surface area contributed by atoms with Crippen molar-refractivity contribution < 1.29 is 18.7 Å². The smallest absolute Gasteiger partial charge is 0.264 e. The fraction of sp³-hybridized carbons (Fsp3) is 0.200. The van der Waals surface area contributed by atoms with Crippen molar-refractivity contribution in [2.24, 2.45) is 0 Å². The van der Waals surface area contributed by atoms with Gasteiger partial charge in [0.2, 0.25) is 0 Å². The lowest BCUT2D eigenvalue weighted by Gasteiger charge is -2.14. The Kier molecular flexibility index (Phi) is 6.97. The van der Waals surface area contributed by atoms with E-state index in [2.05, 4.69) is 15.9 Å². The summed E-state index contributed by atoms with van der Waals surface area (Å²) in [6.45, 7) is 0.0272. The second kappa shape index (κ2) is 9.19. The van der Waals surface area contributed by atoms with Gasteiger partial charge in [0.15, 0.2) is 11.5 Å². The maximum Gasteiger partial charge on any atom is 0.264 e. The molecular weight excluding hydrogens is 415 g/mol. The van der Waals surface area contributed by atoms with Crippen molar-refractivity contribution in [2.45, 2.75) is 6.61 Å². The molecule has 2 aromatic rings. The molecule has 2 aromatic carbocycles. The van der Waals surface area contributed by atoms with Crippen molar-refractivity contribution in [1.29, 1.82) is 5.26 Å². The van der Waals surface area contributed by atoms with Crippen LogP contribution in [0.3, 0.4) is 0 Å². The average molecular weight is 433 g/mol. The first-order valence-electron chi connectivity index (χ1n) is 7.94. The first-order chi connectivity index (χ1) is 12.9. The molecule has 0 atom stereocenters. The Labute approximate surface area is 165 Å². The minimum atomic E-state index is -0.396. The second-order valence-electron chi connectivity index (χ2n) is 5.78. The zero-order valence-electron chi connectivity index (χ0n) is 15.1. The molecule has 0 fully saturated rings. The molecule has 0 aliphatic carbocycles. The molecule has 0 N–H and O–H groups in total. The topological polar surface area (TPSA) is 62.6 Å². The van der Waals surface area contributed by atoms with Crippen LogP contribution in [0.4, 0.5) is 4.39 Å². The fourth-order valence-corrected chi connectivity index (χ4v) is 2.85. The summed E-state index contributed by atoms with van der Waals surface area (Å²) in [4.78, 5) is 13.3. The van der Waals surface area contributed by atoms with E-state index < -0.39 is 5.91 Å². The van der Waals surface area contributed by atoms with Crippen LogP contribution >= 0.6 is 15.9 Å². The Morgan fingerprint density at radius 2 is 2.04 bits per heavy atom.